The molecule has 4 nitrogen and oxygen atoms in total. The first-order valence-corrected chi connectivity index (χ1v) is 6.57. The number of rotatable bonds is 4. The Morgan fingerprint density at radius 1 is 0.909 bits per heavy atom. The van der Waals surface area contributed by atoms with Crippen LogP contribution in [0.15, 0.2) is 54.1 Å². The van der Waals surface area contributed by atoms with Crippen LogP contribution in [-0.2, 0) is 0 Å². The lowest BCUT2D eigenvalue weighted by atomic mass is 9.93. The van der Waals surface area contributed by atoms with Gasteiger partial charge in [-0.2, -0.15) is 10.5 Å². The van der Waals surface area contributed by atoms with Crippen molar-refractivity contribution in [1.82, 2.24) is 0 Å². The Morgan fingerprint density at radius 3 is 2.14 bits per heavy atom. The van der Waals surface area contributed by atoms with Crippen molar-refractivity contribution in [3.8, 4) is 23.6 Å². The molecular weight excluding hydrogens is 276 g/mol. The Balaban J connectivity index is 2.75. The van der Waals surface area contributed by atoms with Gasteiger partial charge in [-0.15, -0.1) is 0 Å². The normalized spacial score (nSPS) is 9.27. The molecule has 0 saturated heterocycles. The molecule has 0 atom stereocenters. The summed E-state index contributed by atoms with van der Waals surface area (Å²) in [6, 6.07) is 18.5. The molecule has 0 heterocycles. The van der Waals surface area contributed by atoms with Gasteiger partial charge in [-0.25, -0.2) is 0 Å². The van der Waals surface area contributed by atoms with Gasteiger partial charge in [0.25, 0.3) is 0 Å². The van der Waals surface area contributed by atoms with Crippen molar-refractivity contribution in [2.24, 2.45) is 0 Å². The minimum atomic E-state index is 0.0367. The van der Waals surface area contributed by atoms with Crippen molar-refractivity contribution >= 4 is 5.57 Å². The molecule has 2 rings (SSSR count). The van der Waals surface area contributed by atoms with E-state index in [1.54, 1.807) is 32.4 Å². The van der Waals surface area contributed by atoms with E-state index in [-0.39, 0.29) is 5.57 Å². The fraction of sp³-hybridized carbons (Fsp3) is 0.111. The predicted octanol–water partition coefficient (Wildman–Crippen LogP) is 3.55. The number of nitriles is 2. The Bertz CT molecular complexity index is 765. The largest absolute Gasteiger partial charge is 0.497 e. The highest BCUT2D eigenvalue weighted by Gasteiger charge is 2.16. The van der Waals surface area contributed by atoms with E-state index < -0.39 is 0 Å². The SMILES string of the molecule is COc1ccc(C(=C(C#N)C#N)c2ccccc2)c(OC)c1. The van der Waals surface area contributed by atoms with Gasteiger partial charge in [0, 0.05) is 17.2 Å². The smallest absolute Gasteiger partial charge is 0.138 e. The summed E-state index contributed by atoms with van der Waals surface area (Å²) < 4.78 is 10.6. The average molecular weight is 290 g/mol. The first kappa shape index (κ1) is 15.2. The highest BCUT2D eigenvalue weighted by molar-refractivity contribution is 5.89. The Morgan fingerprint density at radius 2 is 1.59 bits per heavy atom. The van der Waals surface area contributed by atoms with Crippen LogP contribution in [0.2, 0.25) is 0 Å². The zero-order chi connectivity index (χ0) is 15.9. The van der Waals surface area contributed by atoms with Gasteiger partial charge >= 0.3 is 0 Å². The molecule has 0 aliphatic heterocycles. The van der Waals surface area contributed by atoms with Crippen LogP contribution in [0.25, 0.3) is 5.57 Å². The lowest BCUT2D eigenvalue weighted by Crippen LogP contribution is -1.97. The fourth-order valence-corrected chi connectivity index (χ4v) is 2.18. The van der Waals surface area contributed by atoms with Gasteiger partial charge in [0.05, 0.1) is 14.2 Å². The second-order valence-corrected chi connectivity index (χ2v) is 4.41. The van der Waals surface area contributed by atoms with Gasteiger partial charge in [-0.3, -0.25) is 0 Å². The maximum Gasteiger partial charge on any atom is 0.138 e. The summed E-state index contributed by atoms with van der Waals surface area (Å²) in [5.41, 5.74) is 2.04. The summed E-state index contributed by atoms with van der Waals surface area (Å²) in [6.45, 7) is 0. The van der Waals surface area contributed by atoms with Gasteiger partial charge in [0.15, 0.2) is 0 Å². The zero-order valence-electron chi connectivity index (χ0n) is 12.3. The molecule has 0 amide bonds. The summed E-state index contributed by atoms with van der Waals surface area (Å²) in [6.07, 6.45) is 0. The number of allylic oxidation sites excluding steroid dienone is 1. The van der Waals surface area contributed by atoms with Gasteiger partial charge < -0.3 is 9.47 Å². The molecule has 0 aliphatic rings. The molecule has 0 saturated carbocycles. The predicted molar refractivity (Wildman–Crippen MR) is 83.2 cm³/mol. The molecule has 0 aliphatic carbocycles. The molecule has 0 aromatic heterocycles. The van der Waals surface area contributed by atoms with E-state index in [1.807, 2.05) is 42.5 Å². The van der Waals surface area contributed by atoms with Crippen molar-refractivity contribution in [2.45, 2.75) is 0 Å². The van der Waals surface area contributed by atoms with Crippen LogP contribution in [0.4, 0.5) is 0 Å². The van der Waals surface area contributed by atoms with Crippen LogP contribution in [0.5, 0.6) is 11.5 Å². The molecule has 0 spiro atoms. The minimum absolute atomic E-state index is 0.0367. The molecule has 2 aromatic carbocycles. The fourth-order valence-electron chi connectivity index (χ4n) is 2.18. The molecule has 22 heavy (non-hydrogen) atoms. The third-order valence-corrected chi connectivity index (χ3v) is 3.21. The summed E-state index contributed by atoms with van der Waals surface area (Å²) in [4.78, 5) is 0. The topological polar surface area (TPSA) is 66.0 Å². The third-order valence-electron chi connectivity index (χ3n) is 3.21. The van der Waals surface area contributed by atoms with Crippen molar-refractivity contribution in [2.75, 3.05) is 14.2 Å². The Hall–Kier alpha value is -3.24. The molecule has 108 valence electrons. The van der Waals surface area contributed by atoms with Crippen LogP contribution in [0.3, 0.4) is 0 Å². The molecule has 2 aromatic rings. The lowest BCUT2D eigenvalue weighted by Gasteiger charge is -2.14. The Labute approximate surface area is 129 Å². The number of benzene rings is 2. The van der Waals surface area contributed by atoms with E-state index in [0.29, 0.717) is 22.6 Å². The monoisotopic (exact) mass is 290 g/mol. The van der Waals surface area contributed by atoms with Crippen LogP contribution in [-0.4, -0.2) is 14.2 Å². The van der Waals surface area contributed by atoms with Gasteiger partial charge in [-0.1, -0.05) is 30.3 Å². The number of hydrogen-bond acceptors (Lipinski definition) is 4. The first-order valence-electron chi connectivity index (χ1n) is 6.57. The zero-order valence-corrected chi connectivity index (χ0v) is 12.3. The van der Waals surface area contributed by atoms with E-state index >= 15 is 0 Å². The maximum absolute atomic E-state index is 9.29. The second kappa shape index (κ2) is 6.97. The summed E-state index contributed by atoms with van der Waals surface area (Å²) in [5.74, 6) is 1.18. The van der Waals surface area contributed by atoms with Crippen molar-refractivity contribution in [1.29, 1.82) is 10.5 Å². The molecule has 0 radical (unpaired) electrons. The van der Waals surface area contributed by atoms with Gasteiger partial charge in [0.1, 0.15) is 29.2 Å². The Kier molecular flexibility index (Phi) is 4.80. The standard InChI is InChI=1S/C18H14N2O2/c1-21-15-8-9-16(17(10-15)22-2)18(14(11-19)12-20)13-6-4-3-5-7-13/h3-10H,1-2H3. The molecule has 4 heteroatoms. The molecule has 0 N–H and O–H groups in total. The number of ether oxygens (including phenoxy) is 2. The number of nitrogens with zero attached hydrogens (tertiary/aromatic N) is 2. The highest BCUT2D eigenvalue weighted by Crippen LogP contribution is 2.35. The van der Waals surface area contributed by atoms with Gasteiger partial charge in [0.2, 0.25) is 0 Å². The van der Waals surface area contributed by atoms with Crippen molar-refractivity contribution in [3.05, 3.63) is 65.2 Å². The molecular formula is C18H14N2O2. The van der Waals surface area contributed by atoms with Crippen molar-refractivity contribution < 1.29 is 9.47 Å². The van der Waals surface area contributed by atoms with E-state index in [1.165, 1.54) is 0 Å². The summed E-state index contributed by atoms with van der Waals surface area (Å²) in [7, 11) is 3.11. The van der Waals surface area contributed by atoms with E-state index in [4.69, 9.17) is 9.47 Å². The van der Waals surface area contributed by atoms with E-state index in [9.17, 15) is 10.5 Å². The van der Waals surface area contributed by atoms with E-state index in [0.717, 1.165) is 5.56 Å². The summed E-state index contributed by atoms with van der Waals surface area (Å²) in [5, 5.41) is 18.6. The summed E-state index contributed by atoms with van der Waals surface area (Å²) >= 11 is 0. The van der Waals surface area contributed by atoms with Crippen LogP contribution >= 0.6 is 0 Å². The number of hydrogen-bond donors (Lipinski definition) is 0. The minimum Gasteiger partial charge on any atom is -0.497 e. The first-order chi connectivity index (χ1) is 10.7. The lowest BCUT2D eigenvalue weighted by molar-refractivity contribution is 0.393. The average Bonchev–Trinajstić information content (AvgIpc) is 2.60. The van der Waals surface area contributed by atoms with Crippen molar-refractivity contribution in [3.63, 3.8) is 0 Å². The van der Waals surface area contributed by atoms with Crippen LogP contribution in [0, 0.1) is 22.7 Å². The second-order valence-electron chi connectivity index (χ2n) is 4.41. The van der Waals surface area contributed by atoms with Crippen LogP contribution in [0.1, 0.15) is 11.1 Å². The van der Waals surface area contributed by atoms with E-state index in [2.05, 4.69) is 0 Å². The van der Waals surface area contributed by atoms with Gasteiger partial charge in [-0.05, 0) is 17.7 Å². The highest BCUT2D eigenvalue weighted by atomic mass is 16.5. The molecule has 0 fully saturated rings. The quantitative estimate of drug-likeness (QED) is 0.808. The molecule has 0 bridgehead atoms. The van der Waals surface area contributed by atoms with Crippen LogP contribution < -0.4 is 9.47 Å². The molecule has 0 unspecified atom stereocenters. The number of methoxy groups -OCH3 is 2. The third kappa shape index (κ3) is 2.92. The maximum atomic E-state index is 9.29.